The molecule has 0 unspecified atom stereocenters. The van der Waals surface area contributed by atoms with Crippen LogP contribution in [0, 0.1) is 18.7 Å². The number of fused-ring (bicyclic) bond motifs is 3. The standard InChI is InChI=1S/C20H20FNO/c1-12-6-11-17(23-2)20-18(12)15-4-3-5-16(15)19(22-20)13-7-9-14(21)10-8-13/h3-4,6-11,15-16,19,22H,5H2,1-2H3/t15-,16-,19-/m1/s1. The number of allylic oxidation sites excluding steroid dienone is 2. The van der Waals surface area contributed by atoms with E-state index < -0.39 is 0 Å². The maximum atomic E-state index is 13.3. The molecular weight excluding hydrogens is 289 g/mol. The second kappa shape index (κ2) is 5.41. The molecule has 0 saturated heterocycles. The fourth-order valence-corrected chi connectivity index (χ4v) is 4.04. The van der Waals surface area contributed by atoms with E-state index in [-0.39, 0.29) is 11.9 Å². The van der Waals surface area contributed by atoms with E-state index in [1.165, 1.54) is 23.3 Å². The van der Waals surface area contributed by atoms with Crippen LogP contribution >= 0.6 is 0 Å². The van der Waals surface area contributed by atoms with E-state index in [1.807, 2.05) is 18.2 Å². The van der Waals surface area contributed by atoms with Gasteiger partial charge in [-0.3, -0.25) is 0 Å². The van der Waals surface area contributed by atoms with Crippen LogP contribution in [0.3, 0.4) is 0 Å². The highest BCUT2D eigenvalue weighted by molar-refractivity contribution is 5.69. The first kappa shape index (κ1) is 14.3. The molecule has 0 amide bonds. The molecule has 1 heterocycles. The molecule has 0 spiro atoms. The average molecular weight is 309 g/mol. The van der Waals surface area contributed by atoms with Crippen LogP contribution in [0.1, 0.15) is 35.1 Å². The summed E-state index contributed by atoms with van der Waals surface area (Å²) in [6, 6.07) is 11.2. The average Bonchev–Trinajstić information content (AvgIpc) is 3.04. The molecule has 0 bridgehead atoms. The lowest BCUT2D eigenvalue weighted by molar-refractivity contribution is 0.396. The molecule has 0 radical (unpaired) electrons. The lowest BCUT2D eigenvalue weighted by atomic mass is 9.75. The summed E-state index contributed by atoms with van der Waals surface area (Å²) < 4.78 is 18.9. The molecule has 0 fully saturated rings. The van der Waals surface area contributed by atoms with Gasteiger partial charge in [-0.2, -0.15) is 0 Å². The fraction of sp³-hybridized carbons (Fsp3) is 0.300. The summed E-state index contributed by atoms with van der Waals surface area (Å²) in [4.78, 5) is 0. The largest absolute Gasteiger partial charge is 0.495 e. The van der Waals surface area contributed by atoms with Gasteiger partial charge in [-0.15, -0.1) is 0 Å². The SMILES string of the molecule is COc1ccc(C)c2c1N[C@H](c1ccc(F)cc1)[C@@H]1CC=C[C@@H]21. The number of hydrogen-bond donors (Lipinski definition) is 1. The van der Waals surface area contributed by atoms with Crippen molar-refractivity contribution in [3.05, 3.63) is 71.1 Å². The maximum absolute atomic E-state index is 13.3. The van der Waals surface area contributed by atoms with Crippen molar-refractivity contribution in [1.29, 1.82) is 0 Å². The van der Waals surface area contributed by atoms with E-state index >= 15 is 0 Å². The van der Waals surface area contributed by atoms with Crippen molar-refractivity contribution in [2.45, 2.75) is 25.3 Å². The molecule has 3 atom stereocenters. The minimum absolute atomic E-state index is 0.166. The topological polar surface area (TPSA) is 21.3 Å². The normalized spacial score (nSPS) is 24.7. The Morgan fingerprint density at radius 3 is 2.65 bits per heavy atom. The quantitative estimate of drug-likeness (QED) is 0.791. The van der Waals surface area contributed by atoms with Gasteiger partial charge in [0.25, 0.3) is 0 Å². The van der Waals surface area contributed by atoms with Crippen LogP contribution in [0.2, 0.25) is 0 Å². The number of rotatable bonds is 2. The molecule has 3 heteroatoms. The lowest BCUT2D eigenvalue weighted by Crippen LogP contribution is -2.30. The molecule has 2 aliphatic rings. The lowest BCUT2D eigenvalue weighted by Gasteiger charge is -2.39. The zero-order valence-corrected chi connectivity index (χ0v) is 13.3. The van der Waals surface area contributed by atoms with Gasteiger partial charge in [-0.25, -0.2) is 4.39 Å². The summed E-state index contributed by atoms with van der Waals surface area (Å²) in [6.07, 6.45) is 5.62. The summed E-state index contributed by atoms with van der Waals surface area (Å²) in [5.74, 6) is 1.52. The van der Waals surface area contributed by atoms with Gasteiger partial charge < -0.3 is 10.1 Å². The summed E-state index contributed by atoms with van der Waals surface area (Å²) in [6.45, 7) is 2.15. The van der Waals surface area contributed by atoms with Crippen molar-refractivity contribution < 1.29 is 9.13 Å². The Hall–Kier alpha value is -2.29. The Labute approximate surface area is 136 Å². The second-order valence-corrected chi connectivity index (χ2v) is 6.40. The highest BCUT2D eigenvalue weighted by Crippen LogP contribution is 2.53. The summed E-state index contributed by atoms with van der Waals surface area (Å²) >= 11 is 0. The first-order valence-corrected chi connectivity index (χ1v) is 8.05. The number of benzene rings is 2. The van der Waals surface area contributed by atoms with Crippen molar-refractivity contribution in [2.24, 2.45) is 5.92 Å². The van der Waals surface area contributed by atoms with Crippen LogP contribution in [0.25, 0.3) is 0 Å². The van der Waals surface area contributed by atoms with E-state index in [4.69, 9.17) is 4.74 Å². The Morgan fingerprint density at radius 2 is 1.91 bits per heavy atom. The van der Waals surface area contributed by atoms with Crippen LogP contribution < -0.4 is 10.1 Å². The minimum Gasteiger partial charge on any atom is -0.495 e. The van der Waals surface area contributed by atoms with Crippen molar-refractivity contribution in [2.75, 3.05) is 12.4 Å². The molecule has 0 aromatic heterocycles. The third-order valence-corrected chi connectivity index (χ3v) is 5.15. The molecule has 4 rings (SSSR count). The molecule has 1 N–H and O–H groups in total. The van der Waals surface area contributed by atoms with Gasteiger partial charge in [-0.1, -0.05) is 30.4 Å². The monoisotopic (exact) mass is 309 g/mol. The predicted octanol–water partition coefficient (Wildman–Crippen LogP) is 4.97. The highest BCUT2D eigenvalue weighted by Gasteiger charge is 2.39. The van der Waals surface area contributed by atoms with Crippen molar-refractivity contribution in [1.82, 2.24) is 0 Å². The highest BCUT2D eigenvalue weighted by atomic mass is 19.1. The van der Waals surface area contributed by atoms with Crippen LogP contribution in [-0.2, 0) is 0 Å². The summed E-state index contributed by atoms with van der Waals surface area (Å²) in [5, 5.41) is 3.68. The van der Waals surface area contributed by atoms with E-state index in [9.17, 15) is 4.39 Å². The van der Waals surface area contributed by atoms with Gasteiger partial charge in [0.05, 0.1) is 18.8 Å². The Bertz CT molecular complexity index is 766. The minimum atomic E-state index is -0.195. The first-order valence-electron chi connectivity index (χ1n) is 8.05. The number of ether oxygens (including phenoxy) is 1. The second-order valence-electron chi connectivity index (χ2n) is 6.40. The predicted molar refractivity (Wildman–Crippen MR) is 90.5 cm³/mol. The number of hydrogen-bond acceptors (Lipinski definition) is 2. The molecule has 2 nitrogen and oxygen atoms in total. The van der Waals surface area contributed by atoms with Crippen LogP contribution in [-0.4, -0.2) is 7.11 Å². The summed E-state index contributed by atoms with van der Waals surface area (Å²) in [5.41, 5.74) is 4.82. The van der Waals surface area contributed by atoms with Gasteiger partial charge in [0.15, 0.2) is 0 Å². The van der Waals surface area contributed by atoms with Gasteiger partial charge >= 0.3 is 0 Å². The molecule has 1 aliphatic heterocycles. The summed E-state index contributed by atoms with van der Waals surface area (Å²) in [7, 11) is 1.70. The number of halogens is 1. The number of methoxy groups -OCH3 is 1. The Balaban J connectivity index is 1.84. The number of aryl methyl sites for hydroxylation is 1. The molecule has 23 heavy (non-hydrogen) atoms. The van der Waals surface area contributed by atoms with Crippen molar-refractivity contribution in [3.8, 4) is 5.75 Å². The Morgan fingerprint density at radius 1 is 1.13 bits per heavy atom. The zero-order chi connectivity index (χ0) is 16.0. The van der Waals surface area contributed by atoms with Gasteiger partial charge in [0, 0.05) is 5.92 Å². The number of nitrogens with one attached hydrogen (secondary N) is 1. The maximum Gasteiger partial charge on any atom is 0.142 e. The van der Waals surface area contributed by atoms with Gasteiger partial charge in [0.1, 0.15) is 11.6 Å². The molecule has 118 valence electrons. The fourth-order valence-electron chi connectivity index (χ4n) is 4.04. The third kappa shape index (κ3) is 2.23. The first-order chi connectivity index (χ1) is 11.2. The Kier molecular flexibility index (Phi) is 3.37. The van der Waals surface area contributed by atoms with Crippen LogP contribution in [0.15, 0.2) is 48.6 Å². The van der Waals surface area contributed by atoms with Gasteiger partial charge in [0.2, 0.25) is 0 Å². The third-order valence-electron chi connectivity index (χ3n) is 5.15. The molecular formula is C20H20FNO. The van der Waals surface area contributed by atoms with E-state index in [1.54, 1.807) is 7.11 Å². The van der Waals surface area contributed by atoms with Crippen LogP contribution in [0.5, 0.6) is 5.75 Å². The van der Waals surface area contributed by atoms with Gasteiger partial charge in [-0.05, 0) is 54.2 Å². The van der Waals surface area contributed by atoms with E-state index in [2.05, 4.69) is 30.5 Å². The van der Waals surface area contributed by atoms with Crippen LogP contribution in [0.4, 0.5) is 10.1 Å². The zero-order valence-electron chi connectivity index (χ0n) is 13.3. The number of anilines is 1. The molecule has 2 aromatic rings. The molecule has 2 aromatic carbocycles. The molecule has 0 saturated carbocycles. The molecule has 1 aliphatic carbocycles. The van der Waals surface area contributed by atoms with E-state index in [0.29, 0.717) is 11.8 Å². The van der Waals surface area contributed by atoms with Crippen molar-refractivity contribution in [3.63, 3.8) is 0 Å². The van der Waals surface area contributed by atoms with E-state index in [0.717, 1.165) is 23.4 Å². The van der Waals surface area contributed by atoms with Crippen molar-refractivity contribution >= 4 is 5.69 Å². The smallest absolute Gasteiger partial charge is 0.142 e.